The number of anilines is 1. The van der Waals surface area contributed by atoms with Crippen molar-refractivity contribution in [1.82, 2.24) is 20.1 Å². The highest BCUT2D eigenvalue weighted by Gasteiger charge is 2.28. The predicted molar refractivity (Wildman–Crippen MR) is 121 cm³/mol. The van der Waals surface area contributed by atoms with E-state index in [0.717, 1.165) is 77.9 Å². The lowest BCUT2D eigenvalue weighted by molar-refractivity contribution is -0.125. The summed E-state index contributed by atoms with van der Waals surface area (Å²) in [5.74, 6) is 1.02. The molecule has 1 N–H and O–H groups in total. The predicted octanol–water partition coefficient (Wildman–Crippen LogP) is 3.93. The zero-order valence-corrected chi connectivity index (χ0v) is 18.7. The van der Waals surface area contributed by atoms with Crippen LogP contribution in [0.25, 0.3) is 16.0 Å². The number of nitrogens with zero attached hydrogens (tertiary/aromatic N) is 4. The third-order valence-corrected chi connectivity index (χ3v) is 6.80. The molecule has 3 aromatic rings. The molecule has 160 valence electrons. The Kier molecular flexibility index (Phi) is 6.22. The van der Waals surface area contributed by atoms with E-state index in [4.69, 9.17) is 9.72 Å². The number of unbranched alkanes of at least 4 members (excludes halogenated alkanes) is 1. The lowest BCUT2D eigenvalue weighted by atomic mass is 9.97. The Morgan fingerprint density at radius 3 is 2.87 bits per heavy atom. The lowest BCUT2D eigenvalue weighted by Crippen LogP contribution is -2.43. The van der Waals surface area contributed by atoms with Crippen molar-refractivity contribution in [3.8, 4) is 11.4 Å². The highest BCUT2D eigenvalue weighted by atomic mass is 32.1. The Hall–Kier alpha value is -2.61. The molecule has 1 aliphatic rings. The minimum atomic E-state index is 0.0294. The van der Waals surface area contributed by atoms with Gasteiger partial charge in [0.25, 0.3) is 0 Å². The molecule has 0 aliphatic carbocycles. The van der Waals surface area contributed by atoms with Gasteiger partial charge in [0.05, 0.1) is 29.1 Å². The number of thiazole rings is 1. The summed E-state index contributed by atoms with van der Waals surface area (Å²) in [4.78, 5) is 19.7. The fourth-order valence-electron chi connectivity index (χ4n) is 3.86. The van der Waals surface area contributed by atoms with Gasteiger partial charge in [-0.15, -0.1) is 0 Å². The SMILES string of the molecule is CCCCNC(=O)[C@@H]1CCCN(c2nc3c(s2)c(C)nn3-c2ccc(OC)cc2)C1. The van der Waals surface area contributed by atoms with E-state index in [-0.39, 0.29) is 11.8 Å². The molecule has 1 atom stereocenters. The van der Waals surface area contributed by atoms with Crippen LogP contribution in [0.3, 0.4) is 0 Å². The molecule has 0 spiro atoms. The molecule has 2 aromatic heterocycles. The molecule has 7 nitrogen and oxygen atoms in total. The number of methoxy groups -OCH3 is 1. The summed E-state index contributed by atoms with van der Waals surface area (Å²) in [7, 11) is 1.66. The number of aromatic nitrogens is 3. The van der Waals surface area contributed by atoms with Crippen LogP contribution in [0.1, 0.15) is 38.3 Å². The summed E-state index contributed by atoms with van der Waals surface area (Å²) in [5.41, 5.74) is 2.79. The summed E-state index contributed by atoms with van der Waals surface area (Å²) < 4.78 is 8.24. The summed E-state index contributed by atoms with van der Waals surface area (Å²) in [6.45, 7) is 6.58. The van der Waals surface area contributed by atoms with Crippen molar-refractivity contribution >= 4 is 32.7 Å². The Labute approximate surface area is 181 Å². The van der Waals surface area contributed by atoms with Gasteiger partial charge < -0.3 is 15.0 Å². The number of carbonyl (C=O) groups excluding carboxylic acids is 1. The molecule has 1 fully saturated rings. The van der Waals surface area contributed by atoms with Crippen LogP contribution in [-0.2, 0) is 4.79 Å². The first kappa shape index (κ1) is 20.7. The van der Waals surface area contributed by atoms with E-state index in [9.17, 15) is 4.79 Å². The van der Waals surface area contributed by atoms with E-state index in [2.05, 4.69) is 22.2 Å². The Balaban J connectivity index is 1.55. The van der Waals surface area contributed by atoms with Crippen molar-refractivity contribution in [2.75, 3.05) is 31.6 Å². The van der Waals surface area contributed by atoms with Gasteiger partial charge >= 0.3 is 0 Å². The van der Waals surface area contributed by atoms with Gasteiger partial charge in [-0.05, 0) is 50.5 Å². The Bertz CT molecular complexity index is 1010. The third-order valence-electron chi connectivity index (χ3n) is 5.59. The van der Waals surface area contributed by atoms with Crippen molar-refractivity contribution in [2.24, 2.45) is 5.92 Å². The number of hydrogen-bond acceptors (Lipinski definition) is 6. The van der Waals surface area contributed by atoms with E-state index in [1.54, 1.807) is 18.4 Å². The largest absolute Gasteiger partial charge is 0.497 e. The summed E-state index contributed by atoms with van der Waals surface area (Å²) in [5, 5.41) is 8.75. The summed E-state index contributed by atoms with van der Waals surface area (Å²) in [6, 6.07) is 7.83. The topological polar surface area (TPSA) is 72.3 Å². The second-order valence-electron chi connectivity index (χ2n) is 7.77. The van der Waals surface area contributed by atoms with Crippen LogP contribution in [0.2, 0.25) is 0 Å². The molecule has 0 bridgehead atoms. The van der Waals surface area contributed by atoms with Crippen molar-refractivity contribution < 1.29 is 9.53 Å². The van der Waals surface area contributed by atoms with Crippen LogP contribution < -0.4 is 15.0 Å². The number of fused-ring (bicyclic) bond motifs is 1. The molecule has 1 aromatic carbocycles. The average Bonchev–Trinajstić information content (AvgIpc) is 3.35. The minimum Gasteiger partial charge on any atom is -0.497 e. The first-order valence-electron chi connectivity index (χ1n) is 10.6. The zero-order chi connectivity index (χ0) is 21.1. The van der Waals surface area contributed by atoms with Crippen molar-refractivity contribution in [1.29, 1.82) is 0 Å². The molecule has 4 rings (SSSR count). The smallest absolute Gasteiger partial charge is 0.224 e. The van der Waals surface area contributed by atoms with Crippen LogP contribution in [0, 0.1) is 12.8 Å². The molecule has 8 heteroatoms. The number of ether oxygens (including phenoxy) is 1. The number of benzene rings is 1. The van der Waals surface area contributed by atoms with E-state index >= 15 is 0 Å². The first-order chi connectivity index (χ1) is 14.6. The van der Waals surface area contributed by atoms with Gasteiger partial charge in [0.2, 0.25) is 5.91 Å². The second kappa shape index (κ2) is 9.04. The first-order valence-corrected chi connectivity index (χ1v) is 11.5. The van der Waals surface area contributed by atoms with Crippen molar-refractivity contribution in [3.05, 3.63) is 30.0 Å². The number of rotatable bonds is 7. The van der Waals surface area contributed by atoms with Gasteiger partial charge in [-0.25, -0.2) is 4.68 Å². The maximum atomic E-state index is 12.5. The van der Waals surface area contributed by atoms with Crippen molar-refractivity contribution in [2.45, 2.75) is 39.5 Å². The van der Waals surface area contributed by atoms with Gasteiger partial charge in [0.1, 0.15) is 5.75 Å². The third kappa shape index (κ3) is 4.14. The molecule has 3 heterocycles. The average molecular weight is 428 g/mol. The number of nitrogens with one attached hydrogen (secondary N) is 1. The van der Waals surface area contributed by atoms with E-state index in [1.165, 1.54) is 0 Å². The number of hydrogen-bond donors (Lipinski definition) is 1. The molecule has 1 amide bonds. The fourth-order valence-corrected chi connectivity index (χ4v) is 4.88. The molecular formula is C22H29N5O2S. The Morgan fingerprint density at radius 2 is 2.13 bits per heavy atom. The van der Waals surface area contributed by atoms with E-state index < -0.39 is 0 Å². The van der Waals surface area contributed by atoms with Gasteiger partial charge in [0.15, 0.2) is 10.8 Å². The standard InChI is InChI=1S/C22H29N5O2S/c1-4-5-12-23-21(28)16-7-6-13-26(14-16)22-24-20-19(30-22)15(2)25-27(20)17-8-10-18(29-3)11-9-17/h8-11,16H,4-7,12-14H2,1-3H3,(H,23,28)/t16-/m1/s1. The number of piperidine rings is 1. The molecule has 30 heavy (non-hydrogen) atoms. The molecular weight excluding hydrogens is 398 g/mol. The van der Waals surface area contributed by atoms with Crippen LogP contribution in [0.15, 0.2) is 24.3 Å². The maximum absolute atomic E-state index is 12.5. The zero-order valence-electron chi connectivity index (χ0n) is 17.9. The van der Waals surface area contributed by atoms with Gasteiger partial charge in [-0.2, -0.15) is 10.1 Å². The number of aryl methyl sites for hydroxylation is 1. The minimum absolute atomic E-state index is 0.0294. The summed E-state index contributed by atoms with van der Waals surface area (Å²) >= 11 is 1.66. The van der Waals surface area contributed by atoms with E-state index in [0.29, 0.717) is 0 Å². The quantitative estimate of drug-likeness (QED) is 0.579. The van der Waals surface area contributed by atoms with Crippen LogP contribution in [0.4, 0.5) is 5.13 Å². The number of amides is 1. The molecule has 0 radical (unpaired) electrons. The van der Waals surface area contributed by atoms with Crippen LogP contribution in [-0.4, -0.2) is 47.4 Å². The van der Waals surface area contributed by atoms with Crippen molar-refractivity contribution in [3.63, 3.8) is 0 Å². The van der Waals surface area contributed by atoms with E-state index in [1.807, 2.05) is 35.9 Å². The molecule has 0 unspecified atom stereocenters. The summed E-state index contributed by atoms with van der Waals surface area (Å²) in [6.07, 6.45) is 4.07. The van der Waals surface area contributed by atoms with Crippen LogP contribution >= 0.6 is 11.3 Å². The number of carbonyl (C=O) groups is 1. The Morgan fingerprint density at radius 1 is 1.33 bits per heavy atom. The molecule has 1 saturated heterocycles. The maximum Gasteiger partial charge on any atom is 0.224 e. The highest BCUT2D eigenvalue weighted by molar-refractivity contribution is 7.22. The second-order valence-corrected chi connectivity index (χ2v) is 8.75. The normalized spacial score (nSPS) is 16.8. The lowest BCUT2D eigenvalue weighted by Gasteiger charge is -2.31. The highest BCUT2D eigenvalue weighted by Crippen LogP contribution is 2.34. The fraction of sp³-hybridized carbons (Fsp3) is 0.500. The molecule has 1 aliphatic heterocycles. The van der Waals surface area contributed by atoms with Gasteiger partial charge in [-0.3, -0.25) is 4.79 Å². The van der Waals surface area contributed by atoms with Crippen LogP contribution in [0.5, 0.6) is 5.75 Å². The monoisotopic (exact) mass is 427 g/mol. The van der Waals surface area contributed by atoms with Gasteiger partial charge in [0, 0.05) is 19.6 Å². The molecule has 0 saturated carbocycles. The van der Waals surface area contributed by atoms with Gasteiger partial charge in [-0.1, -0.05) is 24.7 Å².